The summed E-state index contributed by atoms with van der Waals surface area (Å²) >= 11 is 0. The van der Waals surface area contributed by atoms with Crippen molar-refractivity contribution in [3.63, 3.8) is 0 Å². The van der Waals surface area contributed by atoms with Crippen molar-refractivity contribution in [3.05, 3.63) is 33.4 Å². The summed E-state index contributed by atoms with van der Waals surface area (Å²) in [6, 6.07) is 2.88. The van der Waals surface area contributed by atoms with Crippen LogP contribution in [-0.4, -0.2) is 22.1 Å². The van der Waals surface area contributed by atoms with E-state index in [1.54, 1.807) is 6.92 Å². The smallest absolute Gasteiger partial charge is 0.423 e. The molecule has 0 spiro atoms. The summed E-state index contributed by atoms with van der Waals surface area (Å²) in [5.41, 5.74) is 0.924. The van der Waals surface area contributed by atoms with Gasteiger partial charge >= 0.3 is 7.12 Å². The van der Waals surface area contributed by atoms with E-state index in [9.17, 15) is 20.2 Å². The number of nitrogens with zero attached hydrogens (tertiary/aromatic N) is 1. The molecule has 17 heavy (non-hydrogen) atoms. The van der Waals surface area contributed by atoms with Crippen molar-refractivity contribution in [2.24, 2.45) is 0 Å². The lowest BCUT2D eigenvalue weighted by molar-refractivity contribution is -0.385. The zero-order chi connectivity index (χ0) is 13.4. The number of hydrogen-bond donors (Lipinski definition) is 2. The minimum absolute atomic E-state index is 0.000625. The van der Waals surface area contributed by atoms with Gasteiger partial charge in [0.15, 0.2) is 0 Å². The second kappa shape index (κ2) is 4.47. The second-order valence-corrected chi connectivity index (χ2v) is 5.11. The topological polar surface area (TPSA) is 83.6 Å². The van der Waals surface area contributed by atoms with Crippen molar-refractivity contribution in [2.45, 2.75) is 33.1 Å². The Morgan fingerprint density at radius 2 is 1.82 bits per heavy atom. The van der Waals surface area contributed by atoms with Gasteiger partial charge in [-0.2, -0.15) is 0 Å². The number of benzene rings is 1. The van der Waals surface area contributed by atoms with E-state index in [4.69, 9.17) is 0 Å². The zero-order valence-electron chi connectivity index (χ0n) is 10.4. The van der Waals surface area contributed by atoms with Gasteiger partial charge in [0.2, 0.25) is 0 Å². The molecule has 6 heteroatoms. The molecule has 0 radical (unpaired) electrons. The third kappa shape index (κ3) is 2.84. The molecule has 0 atom stereocenters. The van der Waals surface area contributed by atoms with Crippen LogP contribution in [0.3, 0.4) is 0 Å². The number of aryl methyl sites for hydroxylation is 1. The Morgan fingerprint density at radius 3 is 2.18 bits per heavy atom. The predicted molar refractivity (Wildman–Crippen MR) is 66.4 cm³/mol. The fourth-order valence-electron chi connectivity index (χ4n) is 1.78. The van der Waals surface area contributed by atoms with Gasteiger partial charge in [0, 0.05) is 11.6 Å². The summed E-state index contributed by atoms with van der Waals surface area (Å²) < 4.78 is 0. The van der Waals surface area contributed by atoms with Crippen molar-refractivity contribution in [1.29, 1.82) is 0 Å². The van der Waals surface area contributed by atoms with E-state index in [0.29, 0.717) is 16.6 Å². The summed E-state index contributed by atoms with van der Waals surface area (Å²) in [6.07, 6.45) is 0. The predicted octanol–water partition coefficient (Wildman–Crippen LogP) is 0.881. The van der Waals surface area contributed by atoms with Crippen molar-refractivity contribution in [1.82, 2.24) is 0 Å². The maximum atomic E-state index is 10.9. The van der Waals surface area contributed by atoms with E-state index in [1.165, 1.54) is 12.1 Å². The number of nitro groups is 1. The highest BCUT2D eigenvalue weighted by atomic mass is 16.6. The quantitative estimate of drug-likeness (QED) is 0.454. The lowest BCUT2D eigenvalue weighted by Crippen LogP contribution is -2.37. The van der Waals surface area contributed by atoms with Crippen LogP contribution in [0.2, 0.25) is 0 Å². The van der Waals surface area contributed by atoms with Crippen LogP contribution in [0, 0.1) is 17.0 Å². The summed E-state index contributed by atoms with van der Waals surface area (Å²) in [6.45, 7) is 7.18. The molecule has 1 aromatic rings. The SMILES string of the molecule is Cc1cc(B(O)O)c(C(C)(C)C)cc1[N+](=O)[O-]. The average Bonchev–Trinajstić information content (AvgIpc) is 2.14. The molecule has 0 heterocycles. The maximum Gasteiger partial charge on any atom is 0.488 e. The first kappa shape index (κ1) is 13.7. The minimum Gasteiger partial charge on any atom is -0.423 e. The van der Waals surface area contributed by atoms with Gasteiger partial charge in [-0.1, -0.05) is 26.8 Å². The summed E-state index contributed by atoms with van der Waals surface area (Å²) in [4.78, 5) is 10.4. The van der Waals surface area contributed by atoms with Crippen LogP contribution in [0.15, 0.2) is 12.1 Å². The van der Waals surface area contributed by atoms with Gasteiger partial charge in [-0.05, 0) is 23.4 Å². The number of nitro benzene ring substituents is 1. The van der Waals surface area contributed by atoms with Gasteiger partial charge in [0.1, 0.15) is 0 Å². The van der Waals surface area contributed by atoms with Crippen LogP contribution >= 0.6 is 0 Å². The molecule has 2 N–H and O–H groups in total. The van der Waals surface area contributed by atoms with Crippen molar-refractivity contribution < 1.29 is 15.0 Å². The third-order valence-corrected chi connectivity index (χ3v) is 2.65. The molecule has 92 valence electrons. The fourth-order valence-corrected chi connectivity index (χ4v) is 1.78. The Labute approximate surface area is 100 Å². The molecular weight excluding hydrogens is 221 g/mol. The van der Waals surface area contributed by atoms with Gasteiger partial charge < -0.3 is 10.0 Å². The largest absolute Gasteiger partial charge is 0.488 e. The molecule has 0 amide bonds. The third-order valence-electron chi connectivity index (χ3n) is 2.65. The van der Waals surface area contributed by atoms with Crippen LogP contribution in [0.25, 0.3) is 0 Å². The van der Waals surface area contributed by atoms with Crippen LogP contribution < -0.4 is 5.46 Å². The molecular formula is C11H16BNO4. The van der Waals surface area contributed by atoms with Gasteiger partial charge in [-0.3, -0.25) is 10.1 Å². The maximum absolute atomic E-state index is 10.9. The minimum atomic E-state index is -1.62. The van der Waals surface area contributed by atoms with Crippen LogP contribution in [0.4, 0.5) is 5.69 Å². The first-order chi connectivity index (χ1) is 7.64. The number of rotatable bonds is 2. The molecule has 5 nitrogen and oxygen atoms in total. The normalized spacial score (nSPS) is 11.4. The zero-order valence-corrected chi connectivity index (χ0v) is 10.4. The Bertz CT molecular complexity index is 452. The van der Waals surface area contributed by atoms with Gasteiger partial charge in [0.25, 0.3) is 5.69 Å². The van der Waals surface area contributed by atoms with Gasteiger partial charge in [-0.25, -0.2) is 0 Å². The standard InChI is InChI=1S/C11H16BNO4/c1-7-5-9(12(14)15)8(11(2,3)4)6-10(7)13(16)17/h5-6,14-15H,1-4H3. The number of hydrogen-bond acceptors (Lipinski definition) is 4. The van der Waals surface area contributed by atoms with Crippen LogP contribution in [-0.2, 0) is 5.41 Å². The Kier molecular flexibility index (Phi) is 3.59. The molecule has 0 bridgehead atoms. The monoisotopic (exact) mass is 237 g/mol. The summed E-state index contributed by atoms with van der Waals surface area (Å²) in [5, 5.41) is 29.5. The van der Waals surface area contributed by atoms with E-state index in [-0.39, 0.29) is 5.69 Å². The van der Waals surface area contributed by atoms with E-state index in [0.717, 1.165) is 0 Å². The molecule has 0 unspecified atom stereocenters. The van der Waals surface area contributed by atoms with E-state index in [1.807, 2.05) is 20.8 Å². The van der Waals surface area contributed by atoms with Crippen LogP contribution in [0.1, 0.15) is 31.9 Å². The van der Waals surface area contributed by atoms with Crippen LogP contribution in [0.5, 0.6) is 0 Å². The Balaban J connectivity index is 3.54. The average molecular weight is 237 g/mol. The molecule has 1 rings (SSSR count). The van der Waals surface area contributed by atoms with E-state index in [2.05, 4.69) is 0 Å². The van der Waals surface area contributed by atoms with Crippen molar-refractivity contribution >= 4 is 18.3 Å². The molecule has 1 aromatic carbocycles. The first-order valence-electron chi connectivity index (χ1n) is 5.30. The summed E-state index contributed by atoms with van der Waals surface area (Å²) in [5.74, 6) is 0. The second-order valence-electron chi connectivity index (χ2n) is 5.11. The highest BCUT2D eigenvalue weighted by Gasteiger charge is 2.28. The van der Waals surface area contributed by atoms with Crippen molar-refractivity contribution in [3.8, 4) is 0 Å². The molecule has 0 aliphatic rings. The molecule has 0 fully saturated rings. The lowest BCUT2D eigenvalue weighted by atomic mass is 9.69. The fraction of sp³-hybridized carbons (Fsp3) is 0.455. The highest BCUT2D eigenvalue weighted by Crippen LogP contribution is 2.26. The molecule has 0 saturated carbocycles. The molecule has 0 saturated heterocycles. The first-order valence-corrected chi connectivity index (χ1v) is 5.30. The Morgan fingerprint density at radius 1 is 1.29 bits per heavy atom. The Hall–Kier alpha value is -1.40. The van der Waals surface area contributed by atoms with Gasteiger partial charge in [0.05, 0.1) is 4.92 Å². The lowest BCUT2D eigenvalue weighted by Gasteiger charge is -2.23. The summed E-state index contributed by atoms with van der Waals surface area (Å²) in [7, 11) is -1.62. The van der Waals surface area contributed by atoms with Gasteiger partial charge in [-0.15, -0.1) is 0 Å². The van der Waals surface area contributed by atoms with E-state index >= 15 is 0 Å². The van der Waals surface area contributed by atoms with E-state index < -0.39 is 17.5 Å². The molecule has 0 aliphatic carbocycles. The highest BCUT2D eigenvalue weighted by molar-refractivity contribution is 6.59. The molecule has 0 aliphatic heterocycles. The molecule has 0 aromatic heterocycles. The van der Waals surface area contributed by atoms with Crippen molar-refractivity contribution in [2.75, 3.05) is 0 Å².